The summed E-state index contributed by atoms with van der Waals surface area (Å²) in [6, 6.07) is 11.7. The molecule has 0 aliphatic carbocycles. The number of carbonyl (C=O) groups excluding carboxylic acids is 1. The molecule has 0 spiro atoms. The second-order valence-corrected chi connectivity index (χ2v) is 10.5. The van der Waals surface area contributed by atoms with Crippen LogP contribution in [0.3, 0.4) is 0 Å². The summed E-state index contributed by atoms with van der Waals surface area (Å²) in [4.78, 5) is 14.3. The van der Waals surface area contributed by atoms with Crippen LogP contribution in [0.2, 0.25) is 5.02 Å². The van der Waals surface area contributed by atoms with Gasteiger partial charge in [-0.05, 0) is 55.3 Å². The number of hydrogen-bond donors (Lipinski definition) is 1. The lowest BCUT2D eigenvalue weighted by molar-refractivity contribution is -0.118. The van der Waals surface area contributed by atoms with Gasteiger partial charge < -0.3 is 10.2 Å². The largest absolute Gasteiger partial charge is 0.377 e. The molecule has 2 rings (SSSR count). The van der Waals surface area contributed by atoms with Gasteiger partial charge in [-0.1, -0.05) is 38.4 Å². The maximum atomic E-state index is 13.5. The molecule has 0 radical (unpaired) electrons. The Morgan fingerprint density at radius 1 is 1.10 bits per heavy atom. The number of amides is 1. The molecule has 0 aliphatic heterocycles. The second kappa shape index (κ2) is 10.5. The van der Waals surface area contributed by atoms with E-state index in [-0.39, 0.29) is 29.3 Å². The van der Waals surface area contributed by atoms with Crippen LogP contribution in [0.4, 0.5) is 11.4 Å². The molecule has 31 heavy (non-hydrogen) atoms. The average Bonchev–Trinajstić information content (AvgIpc) is 2.71. The van der Waals surface area contributed by atoms with Crippen molar-refractivity contribution in [1.29, 1.82) is 0 Å². The number of nitrogens with zero attached hydrogens (tertiary/aromatic N) is 2. The molecule has 1 unspecified atom stereocenters. The summed E-state index contributed by atoms with van der Waals surface area (Å²) in [5.74, 6) is -0.245. The highest BCUT2D eigenvalue weighted by Gasteiger charge is 2.29. The van der Waals surface area contributed by atoms with Crippen LogP contribution in [0.5, 0.6) is 0 Å². The van der Waals surface area contributed by atoms with Crippen LogP contribution in [-0.2, 0) is 21.4 Å². The lowest BCUT2D eigenvalue weighted by Crippen LogP contribution is -2.38. The second-order valence-electron chi connectivity index (χ2n) is 8.15. The summed E-state index contributed by atoms with van der Waals surface area (Å²) in [7, 11) is 0.0321. The van der Waals surface area contributed by atoms with E-state index < -0.39 is 10.0 Å². The van der Waals surface area contributed by atoms with Crippen molar-refractivity contribution < 1.29 is 13.2 Å². The SMILES string of the molecule is CCC(C)N(Cc1cc(NC(=O)C(C)C)ccc1N(C)C)S(=O)(=O)c1cccc(Cl)c1. The van der Waals surface area contributed by atoms with Crippen molar-refractivity contribution in [3.8, 4) is 0 Å². The molecule has 8 heteroatoms. The number of hydrogen-bond acceptors (Lipinski definition) is 4. The molecule has 1 amide bonds. The Balaban J connectivity index is 2.52. The molecule has 2 aromatic carbocycles. The summed E-state index contributed by atoms with van der Waals surface area (Å²) < 4.78 is 28.5. The van der Waals surface area contributed by atoms with E-state index in [4.69, 9.17) is 11.6 Å². The minimum atomic E-state index is -3.78. The smallest absolute Gasteiger partial charge is 0.243 e. The lowest BCUT2D eigenvalue weighted by Gasteiger charge is -2.30. The summed E-state index contributed by atoms with van der Waals surface area (Å²) in [6.45, 7) is 7.67. The Labute approximate surface area is 191 Å². The summed E-state index contributed by atoms with van der Waals surface area (Å²) in [6.07, 6.45) is 0.654. The third-order valence-corrected chi connectivity index (χ3v) is 7.36. The molecule has 1 N–H and O–H groups in total. The number of sulfonamides is 1. The van der Waals surface area contributed by atoms with E-state index in [0.717, 1.165) is 11.3 Å². The molecular weight excluding hydrogens is 434 g/mol. The fraction of sp³-hybridized carbons (Fsp3) is 0.435. The van der Waals surface area contributed by atoms with Gasteiger partial charge in [0, 0.05) is 49.0 Å². The molecule has 0 saturated heterocycles. The zero-order valence-corrected chi connectivity index (χ0v) is 20.6. The fourth-order valence-electron chi connectivity index (χ4n) is 3.12. The van der Waals surface area contributed by atoms with E-state index in [1.165, 1.54) is 10.4 Å². The Hall–Kier alpha value is -2.09. The first-order valence-electron chi connectivity index (χ1n) is 10.4. The molecule has 2 aromatic rings. The van der Waals surface area contributed by atoms with Gasteiger partial charge in [-0.15, -0.1) is 0 Å². The zero-order valence-electron chi connectivity index (χ0n) is 19.0. The molecule has 0 saturated carbocycles. The third-order valence-electron chi connectivity index (χ3n) is 5.16. The van der Waals surface area contributed by atoms with E-state index in [2.05, 4.69) is 5.32 Å². The lowest BCUT2D eigenvalue weighted by atomic mass is 10.1. The van der Waals surface area contributed by atoms with Gasteiger partial charge in [-0.2, -0.15) is 4.31 Å². The van der Waals surface area contributed by atoms with Gasteiger partial charge in [-0.25, -0.2) is 8.42 Å². The molecular formula is C23H32ClN3O3S. The standard InChI is InChI=1S/C23H32ClN3O3S/c1-7-17(4)27(31(29,30)21-10-8-9-19(24)14-21)15-18-13-20(25-23(28)16(2)3)11-12-22(18)26(5)6/h8-14,16-17H,7,15H2,1-6H3,(H,25,28). The molecule has 0 aliphatic rings. The van der Waals surface area contributed by atoms with E-state index in [1.807, 2.05) is 64.9 Å². The number of rotatable bonds is 9. The quantitative estimate of drug-likeness (QED) is 0.566. The monoisotopic (exact) mass is 465 g/mol. The first-order valence-corrected chi connectivity index (χ1v) is 12.2. The summed E-state index contributed by atoms with van der Waals surface area (Å²) in [5.41, 5.74) is 2.33. The van der Waals surface area contributed by atoms with Crippen molar-refractivity contribution in [2.75, 3.05) is 24.3 Å². The number of halogens is 1. The molecule has 0 bridgehead atoms. The van der Waals surface area contributed by atoms with Crippen LogP contribution in [0.25, 0.3) is 0 Å². The Morgan fingerprint density at radius 3 is 2.32 bits per heavy atom. The maximum Gasteiger partial charge on any atom is 0.243 e. The Kier molecular flexibility index (Phi) is 8.51. The summed E-state index contributed by atoms with van der Waals surface area (Å²) in [5, 5.41) is 3.27. The van der Waals surface area contributed by atoms with Crippen LogP contribution >= 0.6 is 11.6 Å². The fourth-order valence-corrected chi connectivity index (χ4v) is 5.11. The average molecular weight is 466 g/mol. The predicted molar refractivity (Wildman–Crippen MR) is 128 cm³/mol. The van der Waals surface area contributed by atoms with Gasteiger partial charge in [0.15, 0.2) is 0 Å². The van der Waals surface area contributed by atoms with E-state index in [0.29, 0.717) is 17.1 Å². The maximum absolute atomic E-state index is 13.5. The minimum Gasteiger partial charge on any atom is -0.377 e. The summed E-state index contributed by atoms with van der Waals surface area (Å²) >= 11 is 6.06. The third kappa shape index (κ3) is 6.21. The number of anilines is 2. The first-order chi connectivity index (χ1) is 14.5. The van der Waals surface area contributed by atoms with Gasteiger partial charge in [0.2, 0.25) is 15.9 Å². The van der Waals surface area contributed by atoms with Gasteiger partial charge in [0.05, 0.1) is 4.90 Å². The van der Waals surface area contributed by atoms with Gasteiger partial charge in [-0.3, -0.25) is 4.79 Å². The highest BCUT2D eigenvalue weighted by atomic mass is 35.5. The van der Waals surface area contributed by atoms with E-state index in [9.17, 15) is 13.2 Å². The minimum absolute atomic E-state index is 0.0890. The van der Waals surface area contributed by atoms with Crippen molar-refractivity contribution in [3.05, 3.63) is 53.1 Å². The molecule has 6 nitrogen and oxygen atoms in total. The van der Waals surface area contributed by atoms with E-state index >= 15 is 0 Å². The van der Waals surface area contributed by atoms with Crippen molar-refractivity contribution in [1.82, 2.24) is 4.31 Å². The topological polar surface area (TPSA) is 69.7 Å². The molecule has 0 fully saturated rings. The predicted octanol–water partition coefficient (Wildman–Crippen LogP) is 4.99. The van der Waals surface area contributed by atoms with Crippen LogP contribution in [-0.4, -0.2) is 38.8 Å². The number of benzene rings is 2. The molecule has 0 heterocycles. The van der Waals surface area contributed by atoms with Crippen LogP contribution in [0.15, 0.2) is 47.4 Å². The van der Waals surface area contributed by atoms with E-state index in [1.54, 1.807) is 18.2 Å². The Bertz CT molecular complexity index is 1020. The molecule has 0 aromatic heterocycles. The first kappa shape index (κ1) is 25.2. The van der Waals surface area contributed by atoms with Gasteiger partial charge >= 0.3 is 0 Å². The van der Waals surface area contributed by atoms with Crippen molar-refractivity contribution in [2.45, 2.75) is 51.6 Å². The normalized spacial score (nSPS) is 12.8. The van der Waals surface area contributed by atoms with Crippen molar-refractivity contribution >= 4 is 38.9 Å². The van der Waals surface area contributed by atoms with Crippen LogP contribution in [0, 0.1) is 5.92 Å². The zero-order chi connectivity index (χ0) is 23.3. The Morgan fingerprint density at radius 2 is 1.77 bits per heavy atom. The van der Waals surface area contributed by atoms with Crippen molar-refractivity contribution in [2.24, 2.45) is 5.92 Å². The molecule has 170 valence electrons. The van der Waals surface area contributed by atoms with Crippen molar-refractivity contribution in [3.63, 3.8) is 0 Å². The van der Waals surface area contributed by atoms with Gasteiger partial charge in [0.1, 0.15) is 0 Å². The number of carbonyl (C=O) groups is 1. The van der Waals surface area contributed by atoms with Crippen LogP contribution in [0.1, 0.15) is 39.7 Å². The number of nitrogens with one attached hydrogen (secondary N) is 1. The highest BCUT2D eigenvalue weighted by Crippen LogP contribution is 2.29. The van der Waals surface area contributed by atoms with Crippen LogP contribution < -0.4 is 10.2 Å². The molecule has 1 atom stereocenters. The van der Waals surface area contributed by atoms with Gasteiger partial charge in [0.25, 0.3) is 0 Å². The highest BCUT2D eigenvalue weighted by molar-refractivity contribution is 7.89.